The summed E-state index contributed by atoms with van der Waals surface area (Å²) in [6.07, 6.45) is 1.00. The zero-order chi connectivity index (χ0) is 20.1. The number of nitrogens with zero attached hydrogens (tertiary/aromatic N) is 2. The van der Waals surface area contributed by atoms with Crippen molar-refractivity contribution in [2.24, 2.45) is 0 Å². The number of sulfonamides is 1. The number of aryl methyl sites for hydroxylation is 1. The molecule has 0 saturated carbocycles. The molecule has 1 amide bonds. The molecule has 8 heteroatoms. The zero-order valence-electron chi connectivity index (χ0n) is 15.8. The highest BCUT2D eigenvalue weighted by molar-refractivity contribution is 7.89. The molecule has 2 aromatic carbocycles. The van der Waals surface area contributed by atoms with E-state index in [1.54, 1.807) is 24.3 Å². The van der Waals surface area contributed by atoms with E-state index in [9.17, 15) is 13.2 Å². The fourth-order valence-electron chi connectivity index (χ4n) is 3.25. The van der Waals surface area contributed by atoms with Crippen LogP contribution in [0, 0.1) is 0 Å². The molecule has 0 atom stereocenters. The molecule has 0 spiro atoms. The summed E-state index contributed by atoms with van der Waals surface area (Å²) in [4.78, 5) is 16.9. The molecule has 6 nitrogen and oxygen atoms in total. The van der Waals surface area contributed by atoms with Gasteiger partial charge in [-0.2, -0.15) is 0 Å². The molecular formula is C20H24ClN3O3S. The molecular weight excluding hydrogens is 398 g/mol. The Morgan fingerprint density at radius 2 is 1.75 bits per heavy atom. The summed E-state index contributed by atoms with van der Waals surface area (Å²) in [5.74, 6) is 0.123. The Kier molecular flexibility index (Phi) is 6.59. The van der Waals surface area contributed by atoms with Gasteiger partial charge in [0.2, 0.25) is 15.9 Å². The van der Waals surface area contributed by atoms with E-state index in [1.165, 1.54) is 7.05 Å². The molecule has 2 aromatic rings. The van der Waals surface area contributed by atoms with Crippen molar-refractivity contribution in [1.82, 2.24) is 9.62 Å². The van der Waals surface area contributed by atoms with Crippen LogP contribution in [0.3, 0.4) is 0 Å². The number of carbonyl (C=O) groups excluding carboxylic acids is 1. The summed E-state index contributed by atoms with van der Waals surface area (Å²) in [5, 5.41) is 0.713. The first-order chi connectivity index (χ1) is 13.4. The van der Waals surface area contributed by atoms with Gasteiger partial charge >= 0.3 is 0 Å². The minimum absolute atomic E-state index is 0.123. The monoisotopic (exact) mass is 421 g/mol. The van der Waals surface area contributed by atoms with E-state index in [0.29, 0.717) is 31.0 Å². The van der Waals surface area contributed by atoms with E-state index in [4.69, 9.17) is 11.6 Å². The number of carbonyl (C=O) groups is 1. The van der Waals surface area contributed by atoms with Crippen molar-refractivity contribution in [3.63, 3.8) is 0 Å². The lowest BCUT2D eigenvalue weighted by Gasteiger charge is -2.36. The van der Waals surface area contributed by atoms with E-state index in [2.05, 4.69) is 9.62 Å². The Morgan fingerprint density at radius 3 is 2.36 bits per heavy atom. The van der Waals surface area contributed by atoms with Gasteiger partial charge < -0.3 is 9.80 Å². The van der Waals surface area contributed by atoms with E-state index < -0.39 is 10.0 Å². The molecule has 1 aliphatic rings. The highest BCUT2D eigenvalue weighted by atomic mass is 35.5. The fourth-order valence-corrected chi connectivity index (χ4v) is 4.16. The van der Waals surface area contributed by atoms with Gasteiger partial charge in [0.15, 0.2) is 0 Å². The molecule has 150 valence electrons. The number of benzene rings is 2. The second-order valence-electron chi connectivity index (χ2n) is 6.70. The molecule has 1 heterocycles. The summed E-state index contributed by atoms with van der Waals surface area (Å²) in [6.45, 7) is 2.93. The van der Waals surface area contributed by atoms with Gasteiger partial charge in [-0.05, 0) is 49.4 Å². The summed E-state index contributed by atoms with van der Waals surface area (Å²) in [5.41, 5.74) is 2.03. The van der Waals surface area contributed by atoms with E-state index in [-0.39, 0.29) is 10.8 Å². The largest absolute Gasteiger partial charge is 0.368 e. The van der Waals surface area contributed by atoms with Crippen molar-refractivity contribution < 1.29 is 13.2 Å². The Labute approximate surface area is 171 Å². The Hall–Kier alpha value is -2.09. The zero-order valence-corrected chi connectivity index (χ0v) is 17.3. The highest BCUT2D eigenvalue weighted by Crippen LogP contribution is 2.21. The third-order valence-corrected chi connectivity index (χ3v) is 6.60. The lowest BCUT2D eigenvalue weighted by molar-refractivity contribution is -0.131. The third-order valence-electron chi connectivity index (χ3n) is 4.94. The Morgan fingerprint density at radius 1 is 1.07 bits per heavy atom. The second kappa shape index (κ2) is 8.94. The molecule has 0 radical (unpaired) electrons. The van der Waals surface area contributed by atoms with Gasteiger partial charge in [-0.3, -0.25) is 4.79 Å². The summed E-state index contributed by atoms with van der Waals surface area (Å²) in [6, 6.07) is 14.4. The molecule has 1 aliphatic heterocycles. The van der Waals surface area contributed by atoms with Crippen molar-refractivity contribution >= 4 is 33.2 Å². The first-order valence-corrected chi connectivity index (χ1v) is 11.1. The predicted molar refractivity (Wildman–Crippen MR) is 111 cm³/mol. The minimum atomic E-state index is -3.43. The average molecular weight is 422 g/mol. The number of amides is 1. The number of piperazine rings is 1. The van der Waals surface area contributed by atoms with Crippen molar-refractivity contribution in [2.45, 2.75) is 17.7 Å². The fraction of sp³-hybridized carbons (Fsp3) is 0.350. The number of hydrogen-bond donors (Lipinski definition) is 1. The maximum atomic E-state index is 12.5. The van der Waals surface area contributed by atoms with Gasteiger partial charge in [-0.25, -0.2) is 13.1 Å². The van der Waals surface area contributed by atoms with E-state index in [0.717, 1.165) is 24.3 Å². The van der Waals surface area contributed by atoms with E-state index in [1.807, 2.05) is 29.2 Å². The van der Waals surface area contributed by atoms with Crippen LogP contribution in [-0.4, -0.2) is 52.5 Å². The first kappa shape index (κ1) is 20.6. The van der Waals surface area contributed by atoms with Crippen LogP contribution in [0.2, 0.25) is 5.02 Å². The Balaban J connectivity index is 1.50. The topological polar surface area (TPSA) is 69.7 Å². The molecule has 1 fully saturated rings. The molecule has 1 N–H and O–H groups in total. The van der Waals surface area contributed by atoms with Gasteiger partial charge in [-0.15, -0.1) is 0 Å². The summed E-state index contributed by atoms with van der Waals surface area (Å²) in [7, 11) is -2.05. The van der Waals surface area contributed by atoms with Crippen LogP contribution >= 0.6 is 11.6 Å². The molecule has 0 aromatic heterocycles. The standard InChI is InChI=1S/C20H24ClN3O3S/c1-22-28(26,27)19-8-5-16(6-9-19)7-10-20(25)24-13-11-23(12-14-24)18-4-2-3-17(21)15-18/h2-6,8-9,15,22H,7,10-14H2,1H3. The van der Waals surface area contributed by atoms with Gasteiger partial charge in [0.1, 0.15) is 0 Å². The number of hydrogen-bond acceptors (Lipinski definition) is 4. The Bertz CT molecular complexity index is 924. The summed E-state index contributed by atoms with van der Waals surface area (Å²) < 4.78 is 25.8. The normalized spacial score (nSPS) is 14.9. The average Bonchev–Trinajstić information content (AvgIpc) is 2.72. The van der Waals surface area contributed by atoms with Gasteiger partial charge in [0.05, 0.1) is 4.90 Å². The van der Waals surface area contributed by atoms with Crippen LogP contribution < -0.4 is 9.62 Å². The van der Waals surface area contributed by atoms with Crippen LogP contribution in [0.4, 0.5) is 5.69 Å². The van der Waals surface area contributed by atoms with Crippen LogP contribution in [-0.2, 0) is 21.2 Å². The van der Waals surface area contributed by atoms with Gasteiger partial charge in [0, 0.05) is 43.3 Å². The second-order valence-corrected chi connectivity index (χ2v) is 9.02. The summed E-state index contributed by atoms with van der Waals surface area (Å²) >= 11 is 6.06. The molecule has 0 aliphatic carbocycles. The van der Waals surface area contributed by atoms with Crippen LogP contribution in [0.5, 0.6) is 0 Å². The number of rotatable bonds is 6. The predicted octanol–water partition coefficient (Wildman–Crippen LogP) is 2.53. The molecule has 0 unspecified atom stereocenters. The maximum Gasteiger partial charge on any atom is 0.240 e. The third kappa shape index (κ3) is 5.04. The van der Waals surface area contributed by atoms with E-state index >= 15 is 0 Å². The smallest absolute Gasteiger partial charge is 0.240 e. The highest BCUT2D eigenvalue weighted by Gasteiger charge is 2.21. The number of halogens is 1. The van der Waals surface area contributed by atoms with Crippen LogP contribution in [0.1, 0.15) is 12.0 Å². The van der Waals surface area contributed by atoms with Crippen molar-refractivity contribution in [2.75, 3.05) is 38.1 Å². The lowest BCUT2D eigenvalue weighted by Crippen LogP contribution is -2.48. The van der Waals surface area contributed by atoms with Crippen LogP contribution in [0.25, 0.3) is 0 Å². The number of anilines is 1. The maximum absolute atomic E-state index is 12.5. The quantitative estimate of drug-likeness (QED) is 0.778. The van der Waals surface area contributed by atoms with Gasteiger partial charge in [0.25, 0.3) is 0 Å². The lowest BCUT2D eigenvalue weighted by atomic mass is 10.1. The van der Waals surface area contributed by atoms with Crippen molar-refractivity contribution in [3.8, 4) is 0 Å². The molecule has 0 bridgehead atoms. The molecule has 3 rings (SSSR count). The molecule has 1 saturated heterocycles. The molecule has 28 heavy (non-hydrogen) atoms. The number of nitrogens with one attached hydrogen (secondary N) is 1. The van der Waals surface area contributed by atoms with Crippen molar-refractivity contribution in [1.29, 1.82) is 0 Å². The van der Waals surface area contributed by atoms with Crippen LogP contribution in [0.15, 0.2) is 53.4 Å². The first-order valence-electron chi connectivity index (χ1n) is 9.20. The minimum Gasteiger partial charge on any atom is -0.368 e. The SMILES string of the molecule is CNS(=O)(=O)c1ccc(CCC(=O)N2CCN(c3cccc(Cl)c3)CC2)cc1. The van der Waals surface area contributed by atoms with Gasteiger partial charge in [-0.1, -0.05) is 29.8 Å². The van der Waals surface area contributed by atoms with Crippen molar-refractivity contribution in [3.05, 3.63) is 59.1 Å².